The first-order valence-electron chi connectivity index (χ1n) is 16.4. The second kappa shape index (κ2) is 11.7. The van der Waals surface area contributed by atoms with Crippen molar-refractivity contribution in [3.8, 4) is 11.5 Å². The number of amides is 4. The van der Waals surface area contributed by atoms with Gasteiger partial charge in [-0.25, -0.2) is 4.90 Å². The summed E-state index contributed by atoms with van der Waals surface area (Å²) in [6.07, 6.45) is 2.42. The van der Waals surface area contributed by atoms with Crippen molar-refractivity contribution in [2.75, 3.05) is 12.0 Å². The van der Waals surface area contributed by atoms with E-state index in [2.05, 4.69) is 0 Å². The number of benzene rings is 4. The predicted molar refractivity (Wildman–Crippen MR) is 183 cm³/mol. The van der Waals surface area contributed by atoms with Crippen LogP contribution in [-0.2, 0) is 31.1 Å². The average molecular weight is 673 g/mol. The van der Waals surface area contributed by atoms with E-state index in [4.69, 9.17) is 16.3 Å². The second-order valence-corrected chi connectivity index (χ2v) is 13.7. The van der Waals surface area contributed by atoms with E-state index in [0.717, 1.165) is 11.1 Å². The number of nitrogens with zero attached hydrogens (tertiary/aromatic N) is 2. The highest BCUT2D eigenvalue weighted by Crippen LogP contribution is 2.66. The Hall–Kier alpha value is -5.21. The molecule has 49 heavy (non-hydrogen) atoms. The topological polar surface area (TPSA) is 104 Å². The molecule has 2 heterocycles. The molecule has 0 aromatic heterocycles. The molecule has 4 amide bonds. The van der Waals surface area contributed by atoms with Crippen molar-refractivity contribution < 1.29 is 29.0 Å². The lowest BCUT2D eigenvalue weighted by Gasteiger charge is -2.51. The van der Waals surface area contributed by atoms with Crippen LogP contribution in [0.2, 0.25) is 5.02 Å². The van der Waals surface area contributed by atoms with E-state index in [1.807, 2.05) is 66.7 Å². The molecule has 8 nitrogen and oxygen atoms in total. The Bertz CT molecular complexity index is 2050. The molecule has 9 heteroatoms. The van der Waals surface area contributed by atoms with E-state index in [1.165, 1.54) is 16.9 Å². The predicted octanol–water partition coefficient (Wildman–Crippen LogP) is 6.42. The number of fused-ring (bicyclic) bond motifs is 4. The largest absolute Gasteiger partial charge is 0.508 e. The number of imide groups is 2. The number of phenolic OH excluding ortho intramolecular Hbond substituents is 1. The third kappa shape index (κ3) is 4.50. The Balaban J connectivity index is 1.35. The van der Waals surface area contributed by atoms with Crippen molar-refractivity contribution in [1.29, 1.82) is 0 Å². The number of anilines is 1. The number of likely N-dealkylation sites (tertiary alicyclic amines) is 1. The van der Waals surface area contributed by atoms with Gasteiger partial charge in [0.05, 0.1) is 42.5 Å². The van der Waals surface area contributed by atoms with Gasteiger partial charge in [0.1, 0.15) is 11.5 Å². The summed E-state index contributed by atoms with van der Waals surface area (Å²) in [4.78, 5) is 61.0. The van der Waals surface area contributed by atoms with Crippen molar-refractivity contribution in [1.82, 2.24) is 4.90 Å². The Morgan fingerprint density at radius 1 is 0.837 bits per heavy atom. The van der Waals surface area contributed by atoms with Gasteiger partial charge in [0.2, 0.25) is 23.6 Å². The number of hydrogen-bond donors (Lipinski definition) is 1. The number of ether oxygens (including phenoxy) is 1. The van der Waals surface area contributed by atoms with Crippen LogP contribution in [0, 0.1) is 23.7 Å². The molecule has 1 saturated carbocycles. The first kappa shape index (κ1) is 31.1. The lowest BCUT2D eigenvalue weighted by molar-refractivity contribution is -0.141. The van der Waals surface area contributed by atoms with Crippen LogP contribution >= 0.6 is 11.6 Å². The highest BCUT2D eigenvalue weighted by Gasteiger charge is 2.70. The van der Waals surface area contributed by atoms with Crippen LogP contribution in [0.1, 0.15) is 35.4 Å². The minimum absolute atomic E-state index is 0.0944. The Morgan fingerprint density at radius 3 is 2.27 bits per heavy atom. The summed E-state index contributed by atoms with van der Waals surface area (Å²) in [6, 6.07) is 30.2. The molecule has 0 spiro atoms. The molecule has 8 rings (SSSR count). The van der Waals surface area contributed by atoms with E-state index >= 15 is 4.79 Å². The number of methoxy groups -OCH3 is 1. The van der Waals surface area contributed by atoms with Crippen molar-refractivity contribution in [2.24, 2.45) is 23.7 Å². The number of aromatic hydroxyl groups is 1. The minimum atomic E-state index is -1.52. The third-order valence-electron chi connectivity index (χ3n) is 11.0. The maximum absolute atomic E-state index is 15.3. The van der Waals surface area contributed by atoms with E-state index < -0.39 is 46.8 Å². The fourth-order valence-electron chi connectivity index (χ4n) is 9.05. The fourth-order valence-corrected chi connectivity index (χ4v) is 9.23. The van der Waals surface area contributed by atoms with E-state index in [1.54, 1.807) is 42.5 Å². The van der Waals surface area contributed by atoms with Gasteiger partial charge in [-0.1, -0.05) is 96.0 Å². The molecule has 2 aliphatic carbocycles. The van der Waals surface area contributed by atoms with Crippen LogP contribution in [0.25, 0.3) is 0 Å². The zero-order valence-corrected chi connectivity index (χ0v) is 27.4. The number of rotatable bonds is 6. The standard InChI is InChI=1S/C40H33ClN2O6/c1-49-32-17-9-16-31(44)34(32)35-27-18-19-28-33(38(47)42(36(28)45)22-23-10-4-2-5-11-23)29(27)21-30-37(46)43(26-15-8-14-25(41)20-26)39(48)40(30,35)24-12-6-3-7-13-24/h2-18,20,28-30,33,35,44H,19,21-22H2,1H3. The van der Waals surface area contributed by atoms with Crippen LogP contribution in [0.3, 0.4) is 0 Å². The number of hydrogen-bond acceptors (Lipinski definition) is 6. The summed E-state index contributed by atoms with van der Waals surface area (Å²) >= 11 is 6.39. The van der Waals surface area contributed by atoms with Gasteiger partial charge >= 0.3 is 0 Å². The normalized spacial score (nSPS) is 27.5. The maximum Gasteiger partial charge on any atom is 0.246 e. The molecule has 3 fully saturated rings. The lowest BCUT2D eigenvalue weighted by atomic mass is 9.49. The zero-order valence-electron chi connectivity index (χ0n) is 26.7. The number of allylic oxidation sites excluding steroid dienone is 2. The summed E-state index contributed by atoms with van der Waals surface area (Å²) < 4.78 is 5.84. The summed E-state index contributed by atoms with van der Waals surface area (Å²) in [5.74, 6) is -4.86. The molecule has 1 N–H and O–H groups in total. The zero-order chi connectivity index (χ0) is 34.0. The molecule has 4 aromatic rings. The molecule has 2 saturated heterocycles. The van der Waals surface area contributed by atoms with E-state index in [0.29, 0.717) is 27.6 Å². The maximum atomic E-state index is 15.3. The lowest BCUT2D eigenvalue weighted by Crippen LogP contribution is -2.53. The molecule has 6 unspecified atom stereocenters. The van der Waals surface area contributed by atoms with Crippen LogP contribution in [0.15, 0.2) is 115 Å². The van der Waals surface area contributed by atoms with Crippen LogP contribution < -0.4 is 9.64 Å². The van der Waals surface area contributed by atoms with Gasteiger partial charge in [-0.3, -0.25) is 24.1 Å². The van der Waals surface area contributed by atoms with Crippen molar-refractivity contribution in [2.45, 2.75) is 30.7 Å². The molecule has 2 aliphatic heterocycles. The van der Waals surface area contributed by atoms with Gasteiger partial charge in [0.15, 0.2) is 0 Å². The summed E-state index contributed by atoms with van der Waals surface area (Å²) in [6.45, 7) is 0.154. The number of halogens is 1. The van der Waals surface area contributed by atoms with Crippen LogP contribution in [0.4, 0.5) is 5.69 Å². The number of carbonyl (C=O) groups is 4. The molecule has 4 aliphatic rings. The highest BCUT2D eigenvalue weighted by atomic mass is 35.5. The SMILES string of the molecule is COc1cccc(O)c1C1C2=CCC3C(=O)N(Cc4ccccc4)C(=O)C3C2CC2C(=O)N(c3cccc(Cl)c3)C(=O)C21c1ccccc1. The Labute approximate surface area is 288 Å². The first-order valence-corrected chi connectivity index (χ1v) is 16.8. The van der Waals surface area contributed by atoms with Gasteiger partial charge in [-0.05, 0) is 60.2 Å². The van der Waals surface area contributed by atoms with Crippen molar-refractivity contribution in [3.63, 3.8) is 0 Å². The summed E-state index contributed by atoms with van der Waals surface area (Å²) in [5, 5.41) is 12.0. The molecule has 6 atom stereocenters. The van der Waals surface area contributed by atoms with Gasteiger partial charge in [0, 0.05) is 16.5 Å². The van der Waals surface area contributed by atoms with E-state index in [-0.39, 0.29) is 37.0 Å². The van der Waals surface area contributed by atoms with Crippen molar-refractivity contribution in [3.05, 3.63) is 136 Å². The first-order chi connectivity index (χ1) is 23.8. The number of phenols is 1. The molecule has 246 valence electrons. The Morgan fingerprint density at radius 2 is 1.55 bits per heavy atom. The third-order valence-corrected chi connectivity index (χ3v) is 11.2. The minimum Gasteiger partial charge on any atom is -0.508 e. The average Bonchev–Trinajstić information content (AvgIpc) is 3.49. The molecular formula is C40H33ClN2O6. The van der Waals surface area contributed by atoms with Crippen LogP contribution in [0.5, 0.6) is 11.5 Å². The molecule has 4 aromatic carbocycles. The van der Waals surface area contributed by atoms with Gasteiger partial charge < -0.3 is 9.84 Å². The summed E-state index contributed by atoms with van der Waals surface area (Å²) in [7, 11) is 1.50. The van der Waals surface area contributed by atoms with Gasteiger partial charge in [-0.2, -0.15) is 0 Å². The molecular weight excluding hydrogens is 640 g/mol. The molecule has 0 radical (unpaired) electrons. The smallest absolute Gasteiger partial charge is 0.246 e. The van der Waals surface area contributed by atoms with Crippen LogP contribution in [-0.4, -0.2) is 40.7 Å². The highest BCUT2D eigenvalue weighted by molar-refractivity contribution is 6.32. The number of carbonyl (C=O) groups excluding carboxylic acids is 4. The van der Waals surface area contributed by atoms with Gasteiger partial charge in [-0.15, -0.1) is 0 Å². The second-order valence-electron chi connectivity index (χ2n) is 13.2. The Kier molecular flexibility index (Phi) is 7.45. The van der Waals surface area contributed by atoms with Crippen molar-refractivity contribution >= 4 is 40.9 Å². The van der Waals surface area contributed by atoms with E-state index in [9.17, 15) is 19.5 Å². The van der Waals surface area contributed by atoms with Gasteiger partial charge in [0.25, 0.3) is 0 Å². The molecule has 0 bridgehead atoms. The monoisotopic (exact) mass is 672 g/mol. The summed E-state index contributed by atoms with van der Waals surface area (Å²) in [5.41, 5.74) is 1.38. The fraction of sp³-hybridized carbons (Fsp3) is 0.250. The quantitative estimate of drug-likeness (QED) is 0.187.